The first-order chi connectivity index (χ1) is 10.9. The van der Waals surface area contributed by atoms with Gasteiger partial charge in [0.05, 0.1) is 25.9 Å². The van der Waals surface area contributed by atoms with E-state index >= 15 is 0 Å². The molecule has 0 aliphatic heterocycles. The van der Waals surface area contributed by atoms with Crippen molar-refractivity contribution < 1.29 is 19.1 Å². The normalized spacial score (nSPS) is 12.0. The van der Waals surface area contributed by atoms with E-state index in [0.29, 0.717) is 19.8 Å². The van der Waals surface area contributed by atoms with Crippen LogP contribution in [0.4, 0.5) is 10.5 Å². The van der Waals surface area contributed by atoms with Gasteiger partial charge in [0.25, 0.3) is 0 Å². The molecule has 7 heteroatoms. The highest BCUT2D eigenvalue weighted by atomic mass is 16.5. The first-order valence-corrected chi connectivity index (χ1v) is 7.53. The third kappa shape index (κ3) is 8.18. The molecule has 128 valence electrons. The van der Waals surface area contributed by atoms with Gasteiger partial charge in [-0.3, -0.25) is 10.1 Å². The molecule has 3 amide bonds. The van der Waals surface area contributed by atoms with E-state index < -0.39 is 18.0 Å². The van der Waals surface area contributed by atoms with Crippen LogP contribution < -0.4 is 16.4 Å². The van der Waals surface area contributed by atoms with Gasteiger partial charge in [-0.15, -0.1) is 0 Å². The molecule has 1 aromatic rings. The predicted octanol–water partition coefficient (Wildman–Crippen LogP) is 1.62. The number of carbonyl (C=O) groups excluding carboxylic acids is 2. The highest BCUT2D eigenvalue weighted by Crippen LogP contribution is 2.13. The number of nitrogens with one attached hydrogen (secondary N) is 2. The van der Waals surface area contributed by atoms with Gasteiger partial charge in [0.1, 0.15) is 6.04 Å². The van der Waals surface area contributed by atoms with Gasteiger partial charge < -0.3 is 20.5 Å². The maximum atomic E-state index is 11.6. The number of benzene rings is 1. The van der Waals surface area contributed by atoms with Crippen molar-refractivity contribution in [1.29, 1.82) is 0 Å². The molecule has 1 aromatic carbocycles. The van der Waals surface area contributed by atoms with Crippen LogP contribution in [0.25, 0.3) is 0 Å². The minimum absolute atomic E-state index is 0.194. The summed E-state index contributed by atoms with van der Waals surface area (Å²) in [5, 5.41) is 5.04. The highest BCUT2D eigenvalue weighted by Gasteiger charge is 2.14. The van der Waals surface area contributed by atoms with Gasteiger partial charge in [-0.2, -0.15) is 0 Å². The van der Waals surface area contributed by atoms with E-state index in [1.807, 2.05) is 43.4 Å². The number of hydrogen-bond acceptors (Lipinski definition) is 5. The minimum atomic E-state index is -0.866. The Hall–Kier alpha value is -2.12. The molecule has 4 N–H and O–H groups in total. The minimum Gasteiger partial charge on any atom is -0.376 e. The van der Waals surface area contributed by atoms with Crippen LogP contribution in [-0.4, -0.2) is 37.3 Å². The van der Waals surface area contributed by atoms with E-state index in [1.54, 1.807) is 6.92 Å². The standard InChI is InChI=1S/C16H25N3O4/c1-11(2)23-8-7-22-10-13-5-4-6-14(9-13)18-12(3)15(20)19-16(17)21/h4-6,9,11-12,18H,7-8,10H2,1-3H3,(H3,17,19,20,21). The van der Waals surface area contributed by atoms with Crippen LogP contribution in [0.2, 0.25) is 0 Å². The molecular weight excluding hydrogens is 298 g/mol. The summed E-state index contributed by atoms with van der Waals surface area (Å²) in [5.41, 5.74) is 6.66. The first kappa shape index (κ1) is 18.9. The van der Waals surface area contributed by atoms with Gasteiger partial charge in [-0.25, -0.2) is 4.79 Å². The lowest BCUT2D eigenvalue weighted by atomic mass is 10.2. The summed E-state index contributed by atoms with van der Waals surface area (Å²) in [6.45, 7) is 7.13. The summed E-state index contributed by atoms with van der Waals surface area (Å²) in [4.78, 5) is 22.3. The van der Waals surface area contributed by atoms with Crippen molar-refractivity contribution in [3.05, 3.63) is 29.8 Å². The molecule has 0 heterocycles. The number of urea groups is 1. The van der Waals surface area contributed by atoms with Gasteiger partial charge in [0.15, 0.2) is 0 Å². The third-order valence-electron chi connectivity index (χ3n) is 2.90. The summed E-state index contributed by atoms with van der Waals surface area (Å²) in [5.74, 6) is -0.481. The number of carbonyl (C=O) groups is 2. The van der Waals surface area contributed by atoms with Gasteiger partial charge in [0.2, 0.25) is 5.91 Å². The Balaban J connectivity index is 2.43. The van der Waals surface area contributed by atoms with E-state index in [0.717, 1.165) is 11.3 Å². The van der Waals surface area contributed by atoms with Gasteiger partial charge >= 0.3 is 6.03 Å². The van der Waals surface area contributed by atoms with Crippen LogP contribution >= 0.6 is 0 Å². The lowest BCUT2D eigenvalue weighted by Gasteiger charge is -2.15. The quantitative estimate of drug-likeness (QED) is 0.599. The lowest BCUT2D eigenvalue weighted by Crippen LogP contribution is -2.43. The van der Waals surface area contributed by atoms with Crippen LogP contribution in [0, 0.1) is 0 Å². The maximum absolute atomic E-state index is 11.6. The molecule has 0 aliphatic carbocycles. The smallest absolute Gasteiger partial charge is 0.318 e. The summed E-state index contributed by atoms with van der Waals surface area (Å²) >= 11 is 0. The van der Waals surface area contributed by atoms with Crippen molar-refractivity contribution in [3.63, 3.8) is 0 Å². The zero-order valence-electron chi connectivity index (χ0n) is 13.8. The molecule has 1 atom stereocenters. The zero-order valence-corrected chi connectivity index (χ0v) is 13.8. The number of rotatable bonds is 9. The summed E-state index contributed by atoms with van der Waals surface area (Å²) < 4.78 is 10.9. The molecular formula is C16H25N3O4. The Kier molecular flexibility index (Phi) is 8.07. The van der Waals surface area contributed by atoms with E-state index in [9.17, 15) is 9.59 Å². The number of imide groups is 1. The van der Waals surface area contributed by atoms with Crippen molar-refractivity contribution in [2.75, 3.05) is 18.5 Å². The van der Waals surface area contributed by atoms with Crippen molar-refractivity contribution in [1.82, 2.24) is 5.32 Å². The molecule has 1 rings (SSSR count). The molecule has 23 heavy (non-hydrogen) atoms. The summed E-state index contributed by atoms with van der Waals surface area (Å²) in [6.07, 6.45) is 0.194. The lowest BCUT2D eigenvalue weighted by molar-refractivity contribution is -0.120. The van der Waals surface area contributed by atoms with Crippen LogP contribution in [0.1, 0.15) is 26.3 Å². The Bertz CT molecular complexity index is 520. The molecule has 0 aromatic heterocycles. The molecule has 0 spiro atoms. The predicted molar refractivity (Wildman–Crippen MR) is 88.0 cm³/mol. The van der Waals surface area contributed by atoms with E-state index in [1.165, 1.54) is 0 Å². The summed E-state index contributed by atoms with van der Waals surface area (Å²) in [7, 11) is 0. The number of amides is 3. The second-order valence-corrected chi connectivity index (χ2v) is 5.39. The molecule has 7 nitrogen and oxygen atoms in total. The molecule has 0 bridgehead atoms. The van der Waals surface area contributed by atoms with Gasteiger partial charge in [0, 0.05) is 5.69 Å². The Labute approximate surface area is 136 Å². The van der Waals surface area contributed by atoms with E-state index in [2.05, 4.69) is 5.32 Å². The Morgan fingerprint density at radius 1 is 1.22 bits per heavy atom. The molecule has 0 aliphatic rings. The Morgan fingerprint density at radius 2 is 1.96 bits per heavy atom. The van der Waals surface area contributed by atoms with Gasteiger partial charge in [-0.1, -0.05) is 12.1 Å². The first-order valence-electron chi connectivity index (χ1n) is 7.53. The highest BCUT2D eigenvalue weighted by molar-refractivity contribution is 5.97. The van der Waals surface area contributed by atoms with Gasteiger partial charge in [-0.05, 0) is 38.5 Å². The topological polar surface area (TPSA) is 103 Å². The van der Waals surface area contributed by atoms with Crippen molar-refractivity contribution in [2.24, 2.45) is 5.73 Å². The largest absolute Gasteiger partial charge is 0.376 e. The van der Waals surface area contributed by atoms with Crippen LogP contribution in [0.15, 0.2) is 24.3 Å². The average Bonchev–Trinajstić information content (AvgIpc) is 2.46. The molecule has 0 saturated heterocycles. The second-order valence-electron chi connectivity index (χ2n) is 5.39. The molecule has 1 unspecified atom stereocenters. The van der Waals surface area contributed by atoms with Crippen LogP contribution in [0.3, 0.4) is 0 Å². The van der Waals surface area contributed by atoms with Crippen molar-refractivity contribution in [3.8, 4) is 0 Å². The zero-order chi connectivity index (χ0) is 17.2. The number of anilines is 1. The summed E-state index contributed by atoms with van der Waals surface area (Å²) in [6, 6.07) is 6.07. The number of ether oxygens (including phenoxy) is 2. The number of nitrogens with two attached hydrogens (primary N) is 1. The molecule has 0 saturated carbocycles. The second kappa shape index (κ2) is 9.81. The average molecular weight is 323 g/mol. The SMILES string of the molecule is CC(C)OCCOCc1cccc(NC(C)C(=O)NC(N)=O)c1. The molecule has 0 fully saturated rings. The fourth-order valence-corrected chi connectivity index (χ4v) is 1.83. The fraction of sp³-hybridized carbons (Fsp3) is 0.500. The maximum Gasteiger partial charge on any atom is 0.318 e. The van der Waals surface area contributed by atoms with Crippen LogP contribution in [0.5, 0.6) is 0 Å². The van der Waals surface area contributed by atoms with Crippen molar-refractivity contribution >= 4 is 17.6 Å². The van der Waals surface area contributed by atoms with E-state index in [4.69, 9.17) is 15.2 Å². The molecule has 0 radical (unpaired) electrons. The number of hydrogen-bond donors (Lipinski definition) is 3. The number of primary amides is 1. The fourth-order valence-electron chi connectivity index (χ4n) is 1.83. The van der Waals surface area contributed by atoms with Crippen LogP contribution in [-0.2, 0) is 20.9 Å². The third-order valence-corrected chi connectivity index (χ3v) is 2.90. The monoisotopic (exact) mass is 323 g/mol. The van der Waals surface area contributed by atoms with E-state index in [-0.39, 0.29) is 6.10 Å². The van der Waals surface area contributed by atoms with Crippen molar-refractivity contribution in [2.45, 2.75) is 39.5 Å². The Morgan fingerprint density at radius 3 is 2.61 bits per heavy atom.